The van der Waals surface area contributed by atoms with Gasteiger partial charge in [0.1, 0.15) is 0 Å². The third-order valence-electron chi connectivity index (χ3n) is 5.54. The first-order valence-corrected chi connectivity index (χ1v) is 8.28. The SMILES string of the molecule is CC1=C(C)C(C)C(c2ccccc2CN2CCCC2)=C1C. The molecule has 1 fully saturated rings. The Kier molecular flexibility index (Phi) is 4.03. The van der Waals surface area contributed by atoms with Gasteiger partial charge in [-0.15, -0.1) is 0 Å². The number of nitrogens with zero attached hydrogens (tertiary/aromatic N) is 1. The maximum atomic E-state index is 2.60. The van der Waals surface area contributed by atoms with Gasteiger partial charge < -0.3 is 0 Å². The summed E-state index contributed by atoms with van der Waals surface area (Å²) in [5.41, 5.74) is 9.06. The molecule has 1 heterocycles. The van der Waals surface area contributed by atoms with E-state index in [9.17, 15) is 0 Å². The average Bonchev–Trinajstić information content (AvgIpc) is 3.05. The lowest BCUT2D eigenvalue weighted by molar-refractivity contribution is 0.331. The summed E-state index contributed by atoms with van der Waals surface area (Å²) in [5.74, 6) is 0.560. The first kappa shape index (κ1) is 14.6. The predicted octanol–water partition coefficient (Wildman–Crippen LogP) is 5.04. The molecule has 1 heteroatoms. The molecule has 21 heavy (non-hydrogen) atoms. The zero-order valence-corrected chi connectivity index (χ0v) is 13.9. The highest BCUT2D eigenvalue weighted by Gasteiger charge is 2.26. The molecule has 0 bridgehead atoms. The molecule has 0 saturated carbocycles. The van der Waals surface area contributed by atoms with Crippen molar-refractivity contribution in [2.75, 3.05) is 13.1 Å². The van der Waals surface area contributed by atoms with Gasteiger partial charge in [-0.05, 0) is 74.5 Å². The Bertz CT molecular complexity index is 600. The van der Waals surface area contributed by atoms with Gasteiger partial charge in [0.25, 0.3) is 0 Å². The van der Waals surface area contributed by atoms with Gasteiger partial charge >= 0.3 is 0 Å². The van der Waals surface area contributed by atoms with Gasteiger partial charge in [0.15, 0.2) is 0 Å². The van der Waals surface area contributed by atoms with Crippen molar-refractivity contribution in [1.82, 2.24) is 4.90 Å². The Morgan fingerprint density at radius 2 is 1.67 bits per heavy atom. The van der Waals surface area contributed by atoms with Crippen molar-refractivity contribution in [3.05, 3.63) is 52.1 Å². The zero-order valence-electron chi connectivity index (χ0n) is 13.9. The first-order chi connectivity index (χ1) is 10.1. The summed E-state index contributed by atoms with van der Waals surface area (Å²) in [4.78, 5) is 2.60. The highest BCUT2D eigenvalue weighted by molar-refractivity contribution is 5.81. The van der Waals surface area contributed by atoms with Crippen LogP contribution in [-0.2, 0) is 6.54 Å². The van der Waals surface area contributed by atoms with Gasteiger partial charge in [-0.3, -0.25) is 4.90 Å². The number of allylic oxidation sites excluding steroid dienone is 4. The molecule has 1 atom stereocenters. The maximum Gasteiger partial charge on any atom is 0.0239 e. The highest BCUT2D eigenvalue weighted by Crippen LogP contribution is 2.43. The minimum Gasteiger partial charge on any atom is -0.299 e. The van der Waals surface area contributed by atoms with Crippen LogP contribution in [0.2, 0.25) is 0 Å². The fourth-order valence-corrected chi connectivity index (χ4v) is 3.90. The zero-order chi connectivity index (χ0) is 15.0. The van der Waals surface area contributed by atoms with E-state index in [0.717, 1.165) is 6.54 Å². The van der Waals surface area contributed by atoms with E-state index < -0.39 is 0 Å². The van der Waals surface area contributed by atoms with Crippen molar-refractivity contribution in [3.8, 4) is 0 Å². The summed E-state index contributed by atoms with van der Waals surface area (Å²) in [6, 6.07) is 9.03. The van der Waals surface area contributed by atoms with Crippen LogP contribution in [0.1, 0.15) is 51.7 Å². The largest absolute Gasteiger partial charge is 0.299 e. The number of likely N-dealkylation sites (tertiary alicyclic amines) is 1. The first-order valence-electron chi connectivity index (χ1n) is 8.28. The van der Waals surface area contributed by atoms with E-state index in [1.807, 2.05) is 0 Å². The van der Waals surface area contributed by atoms with Crippen molar-refractivity contribution in [1.29, 1.82) is 0 Å². The normalized spacial score (nSPS) is 23.5. The van der Waals surface area contributed by atoms with Crippen LogP contribution in [0.25, 0.3) is 5.57 Å². The Balaban J connectivity index is 1.96. The van der Waals surface area contributed by atoms with Crippen LogP contribution in [0, 0.1) is 5.92 Å². The minimum absolute atomic E-state index is 0.560. The monoisotopic (exact) mass is 281 g/mol. The topological polar surface area (TPSA) is 3.24 Å². The van der Waals surface area contributed by atoms with Gasteiger partial charge in [-0.2, -0.15) is 0 Å². The molecular weight excluding hydrogens is 254 g/mol. The molecule has 1 nitrogen and oxygen atoms in total. The Labute approximate surface area is 129 Å². The van der Waals surface area contributed by atoms with Crippen LogP contribution in [-0.4, -0.2) is 18.0 Å². The summed E-state index contributed by atoms with van der Waals surface area (Å²) in [6.45, 7) is 12.9. The van der Waals surface area contributed by atoms with E-state index in [1.165, 1.54) is 48.2 Å². The van der Waals surface area contributed by atoms with Crippen molar-refractivity contribution in [2.24, 2.45) is 5.92 Å². The molecule has 1 aliphatic carbocycles. The van der Waals surface area contributed by atoms with Crippen LogP contribution >= 0.6 is 0 Å². The average molecular weight is 281 g/mol. The summed E-state index contributed by atoms with van der Waals surface area (Å²) in [6.07, 6.45) is 2.72. The lowest BCUT2D eigenvalue weighted by Crippen LogP contribution is -2.19. The second kappa shape index (κ2) is 5.81. The number of benzene rings is 1. The molecule has 1 unspecified atom stereocenters. The molecule has 0 amide bonds. The molecule has 1 aromatic rings. The number of hydrogen-bond donors (Lipinski definition) is 0. The highest BCUT2D eigenvalue weighted by atomic mass is 15.1. The van der Waals surface area contributed by atoms with Crippen LogP contribution in [0.3, 0.4) is 0 Å². The summed E-state index contributed by atoms with van der Waals surface area (Å²) < 4.78 is 0. The van der Waals surface area contributed by atoms with Gasteiger partial charge in [0, 0.05) is 12.5 Å². The van der Waals surface area contributed by atoms with Crippen LogP contribution in [0.5, 0.6) is 0 Å². The predicted molar refractivity (Wildman–Crippen MR) is 91.1 cm³/mol. The molecule has 0 spiro atoms. The molecular formula is C20H27N. The molecule has 1 aromatic carbocycles. The quantitative estimate of drug-likeness (QED) is 0.750. The van der Waals surface area contributed by atoms with Gasteiger partial charge in [-0.25, -0.2) is 0 Å². The van der Waals surface area contributed by atoms with Gasteiger partial charge in [0.2, 0.25) is 0 Å². The number of rotatable bonds is 3. The molecule has 0 radical (unpaired) electrons. The van der Waals surface area contributed by atoms with Gasteiger partial charge in [0.05, 0.1) is 0 Å². The fourth-order valence-electron chi connectivity index (χ4n) is 3.90. The standard InChI is InChI=1S/C20H27N/c1-14-15(2)17(4)20(16(14)3)19-10-6-5-9-18(19)13-21-11-7-8-12-21/h5-6,9-10,16H,7-8,11-13H2,1-4H3. The van der Waals surface area contributed by atoms with E-state index in [4.69, 9.17) is 0 Å². The molecule has 1 aliphatic heterocycles. The molecule has 0 N–H and O–H groups in total. The molecule has 0 aromatic heterocycles. The molecule has 3 rings (SSSR count). The van der Waals surface area contributed by atoms with Crippen LogP contribution in [0.15, 0.2) is 41.0 Å². The lowest BCUT2D eigenvalue weighted by Gasteiger charge is -2.21. The van der Waals surface area contributed by atoms with E-state index >= 15 is 0 Å². The third-order valence-corrected chi connectivity index (χ3v) is 5.54. The van der Waals surface area contributed by atoms with Crippen molar-refractivity contribution in [2.45, 2.75) is 47.1 Å². The van der Waals surface area contributed by atoms with E-state index in [-0.39, 0.29) is 0 Å². The van der Waals surface area contributed by atoms with Crippen LogP contribution in [0.4, 0.5) is 0 Å². The summed E-state index contributed by atoms with van der Waals surface area (Å²) >= 11 is 0. The fraction of sp³-hybridized carbons (Fsp3) is 0.500. The van der Waals surface area contributed by atoms with E-state index in [2.05, 4.69) is 56.9 Å². The van der Waals surface area contributed by atoms with Crippen molar-refractivity contribution < 1.29 is 0 Å². The van der Waals surface area contributed by atoms with E-state index in [0.29, 0.717) is 5.92 Å². The Hall–Kier alpha value is -1.34. The lowest BCUT2D eigenvalue weighted by atomic mass is 9.89. The van der Waals surface area contributed by atoms with Crippen molar-refractivity contribution in [3.63, 3.8) is 0 Å². The van der Waals surface area contributed by atoms with Gasteiger partial charge in [-0.1, -0.05) is 36.8 Å². The van der Waals surface area contributed by atoms with Crippen molar-refractivity contribution >= 4 is 5.57 Å². The Morgan fingerprint density at radius 3 is 2.29 bits per heavy atom. The second-order valence-corrected chi connectivity index (χ2v) is 6.71. The third kappa shape index (κ3) is 2.60. The smallest absolute Gasteiger partial charge is 0.0239 e. The molecule has 2 aliphatic rings. The summed E-state index contributed by atoms with van der Waals surface area (Å²) in [5, 5.41) is 0. The molecule has 1 saturated heterocycles. The molecule has 112 valence electrons. The minimum atomic E-state index is 0.560. The summed E-state index contributed by atoms with van der Waals surface area (Å²) in [7, 11) is 0. The number of hydrogen-bond acceptors (Lipinski definition) is 1. The van der Waals surface area contributed by atoms with Crippen LogP contribution < -0.4 is 0 Å². The Morgan fingerprint density at radius 1 is 1.00 bits per heavy atom. The van der Waals surface area contributed by atoms with E-state index in [1.54, 1.807) is 11.1 Å². The second-order valence-electron chi connectivity index (χ2n) is 6.71. The maximum absolute atomic E-state index is 2.60.